The summed E-state index contributed by atoms with van der Waals surface area (Å²) in [6.45, 7) is 2.27. The average Bonchev–Trinajstić information content (AvgIpc) is 3.19. The lowest BCUT2D eigenvalue weighted by atomic mass is 9.90. The second-order valence-corrected chi connectivity index (χ2v) is 6.87. The van der Waals surface area contributed by atoms with Crippen molar-refractivity contribution in [1.82, 2.24) is 20.3 Å². The van der Waals surface area contributed by atoms with E-state index in [1.807, 2.05) is 55.6 Å². The van der Waals surface area contributed by atoms with Crippen LogP contribution in [0.15, 0.2) is 67.1 Å². The van der Waals surface area contributed by atoms with E-state index in [2.05, 4.69) is 26.3 Å². The number of hydrogen-bond acceptors (Lipinski definition) is 4. The lowest BCUT2D eigenvalue weighted by molar-refractivity contribution is 0.0947. The molecule has 2 N–H and O–H groups in total. The molecule has 29 heavy (non-hydrogen) atoms. The second kappa shape index (κ2) is 8.14. The molecule has 6 heteroatoms. The van der Waals surface area contributed by atoms with Crippen molar-refractivity contribution in [3.8, 4) is 5.75 Å². The van der Waals surface area contributed by atoms with Crippen LogP contribution in [-0.4, -0.2) is 34.5 Å². The number of amides is 1. The highest BCUT2D eigenvalue weighted by Crippen LogP contribution is 2.31. The van der Waals surface area contributed by atoms with E-state index in [9.17, 15) is 4.79 Å². The summed E-state index contributed by atoms with van der Waals surface area (Å²) in [4.78, 5) is 24.2. The summed E-state index contributed by atoms with van der Waals surface area (Å²) in [6, 6.07) is 16.1. The zero-order chi connectivity index (χ0) is 20.2. The van der Waals surface area contributed by atoms with Crippen molar-refractivity contribution in [3.05, 3.63) is 89.6 Å². The molecule has 1 amide bonds. The fraction of sp³-hybridized carbons (Fsp3) is 0.174. The molecule has 0 fully saturated rings. The number of hydrogen-bond donors (Lipinski definition) is 2. The van der Waals surface area contributed by atoms with Crippen molar-refractivity contribution < 1.29 is 9.53 Å². The van der Waals surface area contributed by atoms with E-state index in [0.29, 0.717) is 12.2 Å². The Labute approximate surface area is 169 Å². The van der Waals surface area contributed by atoms with Crippen LogP contribution in [0.3, 0.4) is 0 Å². The second-order valence-electron chi connectivity index (χ2n) is 6.87. The Bertz CT molecular complexity index is 1120. The van der Waals surface area contributed by atoms with Crippen LogP contribution < -0.4 is 10.1 Å². The molecule has 0 aliphatic carbocycles. The number of aromatic nitrogens is 3. The van der Waals surface area contributed by atoms with Gasteiger partial charge in [-0.3, -0.25) is 9.78 Å². The molecular weight excluding hydrogens is 364 g/mol. The van der Waals surface area contributed by atoms with Crippen LogP contribution in [0.4, 0.5) is 0 Å². The van der Waals surface area contributed by atoms with E-state index in [1.54, 1.807) is 13.3 Å². The van der Waals surface area contributed by atoms with Crippen LogP contribution in [0.2, 0.25) is 0 Å². The molecule has 2 heterocycles. The minimum atomic E-state index is -0.240. The predicted octanol–water partition coefficient (Wildman–Crippen LogP) is 3.84. The van der Waals surface area contributed by atoms with Gasteiger partial charge in [0.15, 0.2) is 0 Å². The maximum Gasteiger partial charge on any atom is 0.271 e. The van der Waals surface area contributed by atoms with Crippen molar-refractivity contribution in [3.63, 3.8) is 0 Å². The van der Waals surface area contributed by atoms with Crippen molar-refractivity contribution in [2.45, 2.75) is 12.8 Å². The molecule has 4 rings (SSSR count). The lowest BCUT2D eigenvalue weighted by Crippen LogP contribution is -2.29. The molecule has 0 saturated heterocycles. The number of nitrogens with one attached hydrogen (secondary N) is 2. The molecule has 0 aliphatic rings. The Balaban J connectivity index is 1.64. The number of aryl methyl sites for hydroxylation is 1. The summed E-state index contributed by atoms with van der Waals surface area (Å²) in [5, 5.41) is 4.15. The number of aromatic amines is 1. The van der Waals surface area contributed by atoms with Gasteiger partial charge in [-0.25, -0.2) is 4.98 Å². The molecule has 0 unspecified atom stereocenters. The molecule has 6 nitrogen and oxygen atoms in total. The van der Waals surface area contributed by atoms with Crippen LogP contribution >= 0.6 is 0 Å². The van der Waals surface area contributed by atoms with Gasteiger partial charge in [0.2, 0.25) is 0 Å². The van der Waals surface area contributed by atoms with Gasteiger partial charge in [-0.1, -0.05) is 30.3 Å². The first-order chi connectivity index (χ1) is 14.2. The number of methoxy groups -OCH3 is 1. The first-order valence-corrected chi connectivity index (χ1v) is 9.42. The Morgan fingerprint density at radius 2 is 1.90 bits per heavy atom. The summed E-state index contributed by atoms with van der Waals surface area (Å²) in [6.07, 6.45) is 5.10. The molecular formula is C23H22N4O2. The number of H-pyrrole nitrogens is 1. The molecule has 0 radical (unpaired) electrons. The van der Waals surface area contributed by atoms with Crippen molar-refractivity contribution >= 4 is 16.8 Å². The third-order valence-electron chi connectivity index (χ3n) is 5.00. The van der Waals surface area contributed by atoms with Gasteiger partial charge in [0.1, 0.15) is 11.4 Å². The predicted molar refractivity (Wildman–Crippen MR) is 112 cm³/mol. The molecule has 4 aromatic rings. The fourth-order valence-corrected chi connectivity index (χ4v) is 3.42. The summed E-state index contributed by atoms with van der Waals surface area (Å²) in [7, 11) is 1.65. The standard InChI is InChI=1S/C23H22N4O2/c1-15-11-25-22(14-24-15)23(28)27-12-19(16-7-9-17(29-2)10-8-16)20-13-26-21-6-4-3-5-18(20)21/h3-11,13-14,19,26H,12H2,1-2H3,(H,27,28)/t19-/m1/s1. The summed E-state index contributed by atoms with van der Waals surface area (Å²) in [5.74, 6) is 0.528. The third kappa shape index (κ3) is 3.96. The van der Waals surface area contributed by atoms with Crippen LogP contribution in [0, 0.1) is 6.92 Å². The highest BCUT2D eigenvalue weighted by Gasteiger charge is 2.20. The van der Waals surface area contributed by atoms with Gasteiger partial charge in [-0.2, -0.15) is 0 Å². The SMILES string of the molecule is COc1ccc([C@@H](CNC(=O)c2cnc(C)cn2)c2c[nH]c3ccccc23)cc1. The van der Waals surface area contributed by atoms with Crippen molar-refractivity contribution in [2.24, 2.45) is 0 Å². The first kappa shape index (κ1) is 18.7. The molecule has 0 bridgehead atoms. The number of ether oxygens (including phenoxy) is 1. The Kier molecular flexibility index (Phi) is 5.24. The van der Waals surface area contributed by atoms with Gasteiger partial charge in [0.25, 0.3) is 5.91 Å². The highest BCUT2D eigenvalue weighted by molar-refractivity contribution is 5.92. The first-order valence-electron chi connectivity index (χ1n) is 9.42. The summed E-state index contributed by atoms with van der Waals surface area (Å²) < 4.78 is 5.28. The normalized spacial score (nSPS) is 11.9. The number of nitrogens with zero attached hydrogens (tertiary/aromatic N) is 2. The van der Waals surface area contributed by atoms with Crippen LogP contribution in [0.1, 0.15) is 33.2 Å². The lowest BCUT2D eigenvalue weighted by Gasteiger charge is -2.18. The maximum atomic E-state index is 12.6. The zero-order valence-electron chi connectivity index (χ0n) is 16.3. The van der Waals surface area contributed by atoms with E-state index < -0.39 is 0 Å². The largest absolute Gasteiger partial charge is 0.497 e. The van der Waals surface area contributed by atoms with E-state index in [0.717, 1.165) is 33.5 Å². The number of carbonyl (C=O) groups is 1. The monoisotopic (exact) mass is 386 g/mol. The smallest absolute Gasteiger partial charge is 0.271 e. The molecule has 2 aromatic heterocycles. The van der Waals surface area contributed by atoms with E-state index in [4.69, 9.17) is 4.74 Å². The Hall–Kier alpha value is -3.67. The fourth-order valence-electron chi connectivity index (χ4n) is 3.42. The molecule has 0 spiro atoms. The number of para-hydroxylation sites is 1. The summed E-state index contributed by atoms with van der Waals surface area (Å²) >= 11 is 0. The number of carbonyl (C=O) groups excluding carboxylic acids is 1. The Morgan fingerprint density at radius 1 is 1.10 bits per heavy atom. The number of rotatable bonds is 6. The van der Waals surface area contributed by atoms with Gasteiger partial charge in [-0.15, -0.1) is 0 Å². The average molecular weight is 386 g/mol. The van der Waals surface area contributed by atoms with Gasteiger partial charge in [-0.05, 0) is 36.2 Å². The quantitative estimate of drug-likeness (QED) is 0.528. The van der Waals surface area contributed by atoms with Crippen LogP contribution in [0.25, 0.3) is 10.9 Å². The number of fused-ring (bicyclic) bond motifs is 1. The van der Waals surface area contributed by atoms with Crippen molar-refractivity contribution in [2.75, 3.05) is 13.7 Å². The minimum absolute atomic E-state index is 0.0283. The van der Waals surface area contributed by atoms with Crippen LogP contribution in [-0.2, 0) is 0 Å². The Morgan fingerprint density at radius 3 is 2.62 bits per heavy atom. The molecule has 146 valence electrons. The maximum absolute atomic E-state index is 12.6. The molecule has 0 aliphatic heterocycles. The van der Waals surface area contributed by atoms with Crippen LogP contribution in [0.5, 0.6) is 5.75 Å². The van der Waals surface area contributed by atoms with Gasteiger partial charge < -0.3 is 15.0 Å². The molecule has 2 aromatic carbocycles. The van der Waals surface area contributed by atoms with Crippen molar-refractivity contribution in [1.29, 1.82) is 0 Å². The molecule has 0 saturated carbocycles. The number of benzene rings is 2. The minimum Gasteiger partial charge on any atom is -0.497 e. The summed E-state index contributed by atoms with van der Waals surface area (Å²) in [5.41, 5.74) is 4.36. The van der Waals surface area contributed by atoms with Gasteiger partial charge in [0.05, 0.1) is 19.0 Å². The van der Waals surface area contributed by atoms with Gasteiger partial charge >= 0.3 is 0 Å². The zero-order valence-corrected chi connectivity index (χ0v) is 16.3. The topological polar surface area (TPSA) is 79.9 Å². The van der Waals surface area contributed by atoms with E-state index in [1.165, 1.54) is 6.20 Å². The van der Waals surface area contributed by atoms with Gasteiger partial charge in [0, 0.05) is 35.8 Å². The molecule has 1 atom stereocenters. The highest BCUT2D eigenvalue weighted by atomic mass is 16.5. The van der Waals surface area contributed by atoms with E-state index in [-0.39, 0.29) is 11.8 Å². The third-order valence-corrected chi connectivity index (χ3v) is 5.00. The van der Waals surface area contributed by atoms with E-state index >= 15 is 0 Å².